The van der Waals surface area contributed by atoms with Crippen molar-refractivity contribution in [1.29, 1.82) is 0 Å². The van der Waals surface area contributed by atoms with Crippen molar-refractivity contribution in [2.24, 2.45) is 5.92 Å². The van der Waals surface area contributed by atoms with Crippen LogP contribution >= 0.6 is 0 Å². The number of nitro groups is 1. The van der Waals surface area contributed by atoms with E-state index < -0.39 is 16.4 Å². The standard InChI is InChI=1S/C15H19FN2O2/c16-13-9-11(6-7-15(13)18(19)20)10-17-8-2-4-12-3-1-5-14(12)17/h6-7,9,12,14H,1-5,8,10H2. The predicted octanol–water partition coefficient (Wildman–Crippen LogP) is 3.50. The Kier molecular flexibility index (Phi) is 3.70. The molecule has 0 radical (unpaired) electrons. The molecule has 1 aromatic carbocycles. The Morgan fingerprint density at radius 1 is 1.30 bits per heavy atom. The molecule has 2 aliphatic rings. The van der Waals surface area contributed by atoms with E-state index >= 15 is 0 Å². The lowest BCUT2D eigenvalue weighted by molar-refractivity contribution is -0.387. The van der Waals surface area contributed by atoms with E-state index in [4.69, 9.17) is 0 Å². The van der Waals surface area contributed by atoms with Crippen LogP contribution in [0, 0.1) is 21.8 Å². The van der Waals surface area contributed by atoms with Gasteiger partial charge in [0.2, 0.25) is 5.82 Å². The van der Waals surface area contributed by atoms with Crippen LogP contribution in [0.5, 0.6) is 0 Å². The lowest BCUT2D eigenvalue weighted by Crippen LogP contribution is -2.41. The van der Waals surface area contributed by atoms with Gasteiger partial charge in [0.25, 0.3) is 0 Å². The maximum atomic E-state index is 13.7. The Bertz CT molecular complexity index is 521. The summed E-state index contributed by atoms with van der Waals surface area (Å²) in [5.74, 6) is 0.0686. The Labute approximate surface area is 117 Å². The molecule has 20 heavy (non-hydrogen) atoms. The summed E-state index contributed by atoms with van der Waals surface area (Å²) in [6, 6.07) is 4.90. The normalized spacial score (nSPS) is 26.4. The Morgan fingerprint density at radius 3 is 2.85 bits per heavy atom. The van der Waals surface area contributed by atoms with Crippen LogP contribution in [0.4, 0.5) is 10.1 Å². The first kappa shape index (κ1) is 13.5. The first-order valence-electron chi connectivity index (χ1n) is 7.32. The zero-order chi connectivity index (χ0) is 14.1. The van der Waals surface area contributed by atoms with E-state index in [-0.39, 0.29) is 0 Å². The van der Waals surface area contributed by atoms with Crippen LogP contribution in [0.2, 0.25) is 0 Å². The molecule has 1 saturated heterocycles. The molecule has 1 aliphatic carbocycles. The van der Waals surface area contributed by atoms with Gasteiger partial charge in [0.15, 0.2) is 0 Å². The molecule has 0 bridgehead atoms. The van der Waals surface area contributed by atoms with Crippen LogP contribution in [0.25, 0.3) is 0 Å². The third-order valence-electron chi connectivity index (χ3n) is 4.70. The topological polar surface area (TPSA) is 46.4 Å². The van der Waals surface area contributed by atoms with E-state index in [0.717, 1.165) is 18.0 Å². The van der Waals surface area contributed by atoms with Crippen molar-refractivity contribution in [2.75, 3.05) is 6.54 Å². The minimum atomic E-state index is -0.729. The Hall–Kier alpha value is -1.49. The molecule has 3 rings (SSSR count). The highest BCUT2D eigenvalue weighted by molar-refractivity contribution is 5.35. The highest BCUT2D eigenvalue weighted by Crippen LogP contribution is 2.37. The first-order valence-corrected chi connectivity index (χ1v) is 7.32. The summed E-state index contributed by atoms with van der Waals surface area (Å²) in [4.78, 5) is 12.4. The van der Waals surface area contributed by atoms with Crippen molar-refractivity contribution in [2.45, 2.75) is 44.7 Å². The number of nitro benzene ring substituents is 1. The van der Waals surface area contributed by atoms with Gasteiger partial charge in [-0.1, -0.05) is 12.5 Å². The molecule has 1 aliphatic heterocycles. The maximum Gasteiger partial charge on any atom is 0.304 e. The smallest absolute Gasteiger partial charge is 0.296 e. The van der Waals surface area contributed by atoms with Crippen LogP contribution in [-0.4, -0.2) is 22.4 Å². The number of halogens is 1. The molecule has 1 saturated carbocycles. The fraction of sp³-hybridized carbons (Fsp3) is 0.600. The largest absolute Gasteiger partial charge is 0.304 e. The number of hydrogen-bond acceptors (Lipinski definition) is 3. The number of rotatable bonds is 3. The Balaban J connectivity index is 1.74. The average Bonchev–Trinajstić information content (AvgIpc) is 2.87. The summed E-state index contributed by atoms with van der Waals surface area (Å²) < 4.78 is 13.7. The second-order valence-electron chi connectivity index (χ2n) is 5.91. The number of nitrogens with zero attached hydrogens (tertiary/aromatic N) is 2. The average molecular weight is 278 g/mol. The quantitative estimate of drug-likeness (QED) is 0.628. The molecule has 0 aromatic heterocycles. The molecule has 2 atom stereocenters. The van der Waals surface area contributed by atoms with Crippen molar-refractivity contribution in [3.8, 4) is 0 Å². The van der Waals surface area contributed by atoms with E-state index in [1.54, 1.807) is 6.07 Å². The van der Waals surface area contributed by atoms with Crippen LogP contribution in [-0.2, 0) is 6.54 Å². The van der Waals surface area contributed by atoms with Gasteiger partial charge in [0.1, 0.15) is 0 Å². The number of piperidine rings is 1. The second kappa shape index (κ2) is 5.48. The van der Waals surface area contributed by atoms with E-state index in [9.17, 15) is 14.5 Å². The number of fused-ring (bicyclic) bond motifs is 1. The highest BCUT2D eigenvalue weighted by atomic mass is 19.1. The molecule has 0 amide bonds. The third-order valence-corrected chi connectivity index (χ3v) is 4.70. The molecule has 5 heteroatoms. The van der Waals surface area contributed by atoms with Crippen LogP contribution in [0.3, 0.4) is 0 Å². The zero-order valence-electron chi connectivity index (χ0n) is 11.4. The zero-order valence-corrected chi connectivity index (χ0v) is 11.4. The van der Waals surface area contributed by atoms with Gasteiger partial charge in [-0.15, -0.1) is 0 Å². The minimum Gasteiger partial charge on any atom is -0.296 e. The lowest BCUT2D eigenvalue weighted by Gasteiger charge is -2.37. The molecule has 0 N–H and O–H groups in total. The summed E-state index contributed by atoms with van der Waals surface area (Å²) in [6.07, 6.45) is 6.36. The van der Waals surface area contributed by atoms with Crippen molar-refractivity contribution in [1.82, 2.24) is 4.90 Å². The molecule has 1 heterocycles. The van der Waals surface area contributed by atoms with Crippen molar-refractivity contribution >= 4 is 5.69 Å². The summed E-state index contributed by atoms with van der Waals surface area (Å²) in [6.45, 7) is 1.76. The number of hydrogen-bond donors (Lipinski definition) is 0. The fourth-order valence-corrected chi connectivity index (χ4v) is 3.78. The van der Waals surface area contributed by atoms with Crippen LogP contribution in [0.1, 0.15) is 37.7 Å². The highest BCUT2D eigenvalue weighted by Gasteiger charge is 2.34. The molecular weight excluding hydrogens is 259 g/mol. The van der Waals surface area contributed by atoms with Crippen LogP contribution in [0.15, 0.2) is 18.2 Å². The fourth-order valence-electron chi connectivity index (χ4n) is 3.78. The van der Waals surface area contributed by atoms with E-state index in [2.05, 4.69) is 4.90 Å². The van der Waals surface area contributed by atoms with Crippen molar-refractivity contribution < 1.29 is 9.31 Å². The molecule has 2 fully saturated rings. The first-order chi connectivity index (χ1) is 9.65. The van der Waals surface area contributed by atoms with Gasteiger partial charge in [0.05, 0.1) is 4.92 Å². The van der Waals surface area contributed by atoms with Crippen LogP contribution < -0.4 is 0 Å². The van der Waals surface area contributed by atoms with E-state index in [0.29, 0.717) is 12.6 Å². The van der Waals surface area contributed by atoms with Gasteiger partial charge >= 0.3 is 5.69 Å². The molecule has 0 spiro atoms. The second-order valence-corrected chi connectivity index (χ2v) is 5.91. The van der Waals surface area contributed by atoms with Gasteiger partial charge in [0, 0.05) is 18.7 Å². The summed E-state index contributed by atoms with van der Waals surface area (Å²) >= 11 is 0. The van der Waals surface area contributed by atoms with Gasteiger partial charge in [-0.3, -0.25) is 15.0 Å². The summed E-state index contributed by atoms with van der Waals surface area (Å²) in [5, 5.41) is 10.6. The molecule has 2 unspecified atom stereocenters. The van der Waals surface area contributed by atoms with Crippen molar-refractivity contribution in [3.05, 3.63) is 39.7 Å². The van der Waals surface area contributed by atoms with E-state index in [1.807, 2.05) is 0 Å². The summed E-state index contributed by atoms with van der Waals surface area (Å²) in [5.41, 5.74) is 0.395. The minimum absolute atomic E-state index is 0.439. The van der Waals surface area contributed by atoms with E-state index in [1.165, 1.54) is 44.2 Å². The van der Waals surface area contributed by atoms with Gasteiger partial charge < -0.3 is 0 Å². The lowest BCUT2D eigenvalue weighted by atomic mass is 9.91. The monoisotopic (exact) mass is 278 g/mol. The summed E-state index contributed by atoms with van der Waals surface area (Å²) in [7, 11) is 0. The molecule has 4 nitrogen and oxygen atoms in total. The van der Waals surface area contributed by atoms with Gasteiger partial charge in [-0.2, -0.15) is 4.39 Å². The van der Waals surface area contributed by atoms with Crippen molar-refractivity contribution in [3.63, 3.8) is 0 Å². The van der Waals surface area contributed by atoms with Gasteiger partial charge in [-0.05, 0) is 49.8 Å². The third kappa shape index (κ3) is 2.54. The maximum absolute atomic E-state index is 13.7. The number of likely N-dealkylation sites (tertiary alicyclic amines) is 1. The van der Waals surface area contributed by atoms with Gasteiger partial charge in [-0.25, -0.2) is 0 Å². The Morgan fingerprint density at radius 2 is 2.10 bits per heavy atom. The molecule has 108 valence electrons. The predicted molar refractivity (Wildman–Crippen MR) is 73.8 cm³/mol. The molecular formula is C15H19FN2O2. The number of benzene rings is 1. The SMILES string of the molecule is O=[N+]([O-])c1ccc(CN2CCCC3CCCC32)cc1F. The molecule has 1 aromatic rings.